The summed E-state index contributed by atoms with van der Waals surface area (Å²) in [6, 6.07) is 15.3. The van der Waals surface area contributed by atoms with Crippen molar-refractivity contribution in [1.82, 2.24) is 15.4 Å². The number of nitrogens with zero attached hydrogens (tertiary/aromatic N) is 1. The van der Waals surface area contributed by atoms with Crippen molar-refractivity contribution in [2.75, 3.05) is 14.2 Å². The van der Waals surface area contributed by atoms with E-state index in [0.717, 1.165) is 22.4 Å². The van der Waals surface area contributed by atoms with Crippen LogP contribution in [0.5, 0.6) is 5.75 Å². The van der Waals surface area contributed by atoms with Gasteiger partial charge in [-0.1, -0.05) is 36.4 Å². The van der Waals surface area contributed by atoms with Gasteiger partial charge in [0.05, 0.1) is 12.9 Å². The van der Waals surface area contributed by atoms with Crippen LogP contribution in [0.15, 0.2) is 53.5 Å². The van der Waals surface area contributed by atoms with E-state index in [1.165, 1.54) is 0 Å². The lowest BCUT2D eigenvalue weighted by Crippen LogP contribution is -2.36. The molecule has 7 nitrogen and oxygen atoms in total. The highest BCUT2D eigenvalue weighted by Crippen LogP contribution is 2.11. The molecule has 0 aliphatic rings. The zero-order valence-corrected chi connectivity index (χ0v) is 18.2. The Labute approximate surface area is 173 Å². The van der Waals surface area contributed by atoms with E-state index in [2.05, 4.69) is 20.3 Å². The summed E-state index contributed by atoms with van der Waals surface area (Å²) in [7, 11) is 0.0499. The summed E-state index contributed by atoms with van der Waals surface area (Å²) in [5.41, 5.74) is 2.91. The van der Waals surface area contributed by atoms with E-state index < -0.39 is 10.0 Å². The molecular weight excluding hydrogens is 388 g/mol. The molecule has 0 aromatic heterocycles. The van der Waals surface area contributed by atoms with Crippen LogP contribution >= 0.6 is 0 Å². The maximum atomic E-state index is 12.0. The highest BCUT2D eigenvalue weighted by Gasteiger charge is 2.12. The second-order valence-corrected chi connectivity index (χ2v) is 8.73. The Morgan fingerprint density at radius 2 is 1.41 bits per heavy atom. The van der Waals surface area contributed by atoms with Gasteiger partial charge in [-0.05, 0) is 42.7 Å². The topological polar surface area (TPSA) is 91.8 Å². The van der Waals surface area contributed by atoms with Crippen LogP contribution in [0, 0.1) is 0 Å². The predicted molar refractivity (Wildman–Crippen MR) is 117 cm³/mol. The lowest BCUT2D eigenvalue weighted by molar-refractivity contribution is 0.414. The number of ether oxygens (including phenoxy) is 1. The van der Waals surface area contributed by atoms with Gasteiger partial charge in [0.25, 0.3) is 0 Å². The molecule has 2 rings (SSSR count). The molecule has 0 aliphatic heterocycles. The number of hydrogen-bond donors (Lipinski definition) is 3. The average Bonchev–Trinajstić information content (AvgIpc) is 2.68. The van der Waals surface area contributed by atoms with Crippen LogP contribution in [0.25, 0.3) is 0 Å². The molecule has 2 aromatic rings. The monoisotopic (exact) mass is 418 g/mol. The number of benzene rings is 2. The highest BCUT2D eigenvalue weighted by molar-refractivity contribution is 7.88. The first-order valence-corrected chi connectivity index (χ1v) is 11.1. The van der Waals surface area contributed by atoms with E-state index in [4.69, 9.17) is 4.74 Å². The van der Waals surface area contributed by atoms with Gasteiger partial charge in [0.15, 0.2) is 5.96 Å². The molecule has 0 saturated heterocycles. The van der Waals surface area contributed by atoms with E-state index >= 15 is 0 Å². The van der Waals surface area contributed by atoms with Crippen LogP contribution in [0.2, 0.25) is 0 Å². The number of aliphatic imine (C=N–C) groups is 1. The molecule has 8 heteroatoms. The number of sulfonamides is 1. The Balaban J connectivity index is 1.84. The molecule has 158 valence electrons. The molecule has 0 radical (unpaired) electrons. The van der Waals surface area contributed by atoms with Crippen molar-refractivity contribution < 1.29 is 13.2 Å². The van der Waals surface area contributed by atoms with Crippen molar-refractivity contribution in [3.8, 4) is 5.75 Å². The van der Waals surface area contributed by atoms with Gasteiger partial charge in [-0.25, -0.2) is 13.1 Å². The van der Waals surface area contributed by atoms with Crippen LogP contribution in [0.3, 0.4) is 0 Å². The molecule has 0 atom stereocenters. The van der Waals surface area contributed by atoms with Gasteiger partial charge in [0, 0.05) is 26.2 Å². The fourth-order valence-electron chi connectivity index (χ4n) is 2.71. The molecule has 0 bridgehead atoms. The molecule has 0 spiro atoms. The van der Waals surface area contributed by atoms with Crippen LogP contribution in [0.4, 0.5) is 0 Å². The molecule has 0 saturated carbocycles. The standard InChI is InChI=1S/C21H30N4O3S/c1-16(2)25-29(26,27)15-19-7-5-17(6-8-19)13-23-21(22-3)24-14-18-9-11-20(28-4)12-10-18/h5-12,16,25H,13-15H2,1-4H3,(H2,22,23,24). The van der Waals surface area contributed by atoms with Gasteiger partial charge >= 0.3 is 0 Å². The molecule has 0 aliphatic carbocycles. The van der Waals surface area contributed by atoms with Crippen molar-refractivity contribution in [3.63, 3.8) is 0 Å². The maximum Gasteiger partial charge on any atom is 0.216 e. The summed E-state index contributed by atoms with van der Waals surface area (Å²) in [5, 5.41) is 6.52. The summed E-state index contributed by atoms with van der Waals surface area (Å²) >= 11 is 0. The lowest BCUT2D eigenvalue weighted by atomic mass is 10.1. The zero-order chi connectivity index (χ0) is 21.3. The number of rotatable bonds is 9. The zero-order valence-electron chi connectivity index (χ0n) is 17.4. The first-order chi connectivity index (χ1) is 13.8. The van der Waals surface area contributed by atoms with Crippen molar-refractivity contribution in [1.29, 1.82) is 0 Å². The first-order valence-electron chi connectivity index (χ1n) is 9.46. The minimum Gasteiger partial charge on any atom is -0.497 e. The quantitative estimate of drug-likeness (QED) is 0.430. The van der Waals surface area contributed by atoms with Crippen molar-refractivity contribution in [3.05, 3.63) is 65.2 Å². The Bertz CT molecular complexity index is 893. The molecule has 0 amide bonds. The molecule has 3 N–H and O–H groups in total. The average molecular weight is 419 g/mol. The Morgan fingerprint density at radius 3 is 1.86 bits per heavy atom. The summed E-state index contributed by atoms with van der Waals surface area (Å²) in [5.74, 6) is 1.49. The molecule has 2 aromatic carbocycles. The van der Waals surface area contributed by atoms with Crippen molar-refractivity contribution >= 4 is 16.0 Å². The normalized spacial score (nSPS) is 12.1. The minimum atomic E-state index is -3.32. The van der Waals surface area contributed by atoms with Gasteiger partial charge in [-0.3, -0.25) is 4.99 Å². The van der Waals surface area contributed by atoms with E-state index in [1.54, 1.807) is 14.2 Å². The van der Waals surface area contributed by atoms with Crippen molar-refractivity contribution in [2.24, 2.45) is 4.99 Å². The van der Waals surface area contributed by atoms with Crippen LogP contribution in [-0.2, 0) is 28.9 Å². The van der Waals surface area contributed by atoms with Gasteiger partial charge in [-0.15, -0.1) is 0 Å². The number of hydrogen-bond acceptors (Lipinski definition) is 4. The van der Waals surface area contributed by atoms with Gasteiger partial charge in [0.1, 0.15) is 5.75 Å². The lowest BCUT2D eigenvalue weighted by Gasteiger charge is -2.13. The van der Waals surface area contributed by atoms with E-state index in [9.17, 15) is 8.42 Å². The number of guanidine groups is 1. The predicted octanol–water partition coefficient (Wildman–Crippen LogP) is 2.39. The van der Waals surface area contributed by atoms with E-state index in [1.807, 2.05) is 62.4 Å². The third-order valence-electron chi connectivity index (χ3n) is 4.10. The number of methoxy groups -OCH3 is 1. The first kappa shape index (κ1) is 22.7. The number of nitrogens with one attached hydrogen (secondary N) is 3. The second-order valence-electron chi connectivity index (χ2n) is 6.98. The fraction of sp³-hybridized carbons (Fsp3) is 0.381. The third kappa shape index (κ3) is 8.13. The van der Waals surface area contributed by atoms with Crippen LogP contribution < -0.4 is 20.1 Å². The van der Waals surface area contributed by atoms with Crippen LogP contribution in [0.1, 0.15) is 30.5 Å². The Hall–Kier alpha value is -2.58. The molecule has 0 heterocycles. The Kier molecular flexibility index (Phi) is 8.48. The maximum absolute atomic E-state index is 12.0. The summed E-state index contributed by atoms with van der Waals surface area (Å²) < 4.78 is 31.8. The Morgan fingerprint density at radius 1 is 0.931 bits per heavy atom. The van der Waals surface area contributed by atoms with Gasteiger partial charge in [0.2, 0.25) is 10.0 Å². The molecule has 29 heavy (non-hydrogen) atoms. The summed E-state index contributed by atoms with van der Waals surface area (Å²) in [6.45, 7) is 4.84. The third-order valence-corrected chi connectivity index (χ3v) is 5.64. The molecule has 0 unspecified atom stereocenters. The molecular formula is C21H30N4O3S. The van der Waals surface area contributed by atoms with Gasteiger partial charge in [-0.2, -0.15) is 0 Å². The van der Waals surface area contributed by atoms with E-state index in [0.29, 0.717) is 19.0 Å². The molecule has 0 fully saturated rings. The van der Waals surface area contributed by atoms with Crippen LogP contribution in [-0.4, -0.2) is 34.6 Å². The summed E-state index contributed by atoms with van der Waals surface area (Å²) in [6.07, 6.45) is 0. The smallest absolute Gasteiger partial charge is 0.216 e. The van der Waals surface area contributed by atoms with Crippen molar-refractivity contribution in [2.45, 2.75) is 38.7 Å². The fourth-order valence-corrected chi connectivity index (χ4v) is 4.14. The SMILES string of the molecule is CN=C(NCc1ccc(CS(=O)(=O)NC(C)C)cc1)NCc1ccc(OC)cc1. The van der Waals surface area contributed by atoms with Gasteiger partial charge < -0.3 is 15.4 Å². The summed E-state index contributed by atoms with van der Waals surface area (Å²) in [4.78, 5) is 4.23. The second kappa shape index (κ2) is 10.8. The van der Waals surface area contributed by atoms with E-state index in [-0.39, 0.29) is 11.8 Å². The minimum absolute atomic E-state index is 0.0238. The highest BCUT2D eigenvalue weighted by atomic mass is 32.2. The largest absolute Gasteiger partial charge is 0.497 e.